The second-order valence-corrected chi connectivity index (χ2v) is 6.11. The number of rotatable bonds is 4. The number of sulfonamides is 1. The number of nitrogens with zero attached hydrogens (tertiary/aromatic N) is 1. The summed E-state index contributed by atoms with van der Waals surface area (Å²) in [7, 11) is -3.49. The Balaban J connectivity index is 2.08. The Morgan fingerprint density at radius 2 is 1.72 bits per heavy atom. The zero-order valence-electron chi connectivity index (χ0n) is 10.2. The Morgan fingerprint density at radius 3 is 2.28 bits per heavy atom. The van der Waals surface area contributed by atoms with E-state index in [1.54, 1.807) is 17.1 Å². The third-order valence-electron chi connectivity index (χ3n) is 3.02. The fraction of sp³-hybridized carbons (Fsp3) is 0.500. The summed E-state index contributed by atoms with van der Waals surface area (Å²) < 4.78 is 24.2. The molecule has 6 heteroatoms. The summed E-state index contributed by atoms with van der Waals surface area (Å²) in [5.74, 6) is 0. The molecule has 100 valence electrons. The van der Waals surface area contributed by atoms with Crippen molar-refractivity contribution in [1.82, 2.24) is 9.84 Å². The van der Waals surface area contributed by atoms with Crippen LogP contribution in [0.4, 0.5) is 0 Å². The lowest BCUT2D eigenvalue weighted by molar-refractivity contribution is 0.200. The van der Waals surface area contributed by atoms with E-state index >= 15 is 0 Å². The van der Waals surface area contributed by atoms with Crippen LogP contribution >= 0.6 is 0 Å². The molecular weight excluding hydrogens is 252 g/mol. The molecule has 5 nitrogen and oxygen atoms in total. The Hall–Kier alpha value is -0.950. The quantitative estimate of drug-likeness (QED) is 0.851. The van der Waals surface area contributed by atoms with Gasteiger partial charge in [0.2, 0.25) is 0 Å². The van der Waals surface area contributed by atoms with Gasteiger partial charge >= 0.3 is 0 Å². The van der Waals surface area contributed by atoms with Crippen molar-refractivity contribution in [2.75, 3.05) is 13.1 Å². The van der Waals surface area contributed by atoms with Gasteiger partial charge in [-0.05, 0) is 30.5 Å². The normalized spacial score (nSPS) is 17.8. The summed E-state index contributed by atoms with van der Waals surface area (Å²) in [4.78, 5) is 2.82. The third-order valence-corrected chi connectivity index (χ3v) is 4.41. The maximum atomic E-state index is 12.1. The number of hydrazine groups is 1. The van der Waals surface area contributed by atoms with E-state index in [1.807, 2.05) is 0 Å². The van der Waals surface area contributed by atoms with Crippen molar-refractivity contribution >= 4 is 10.0 Å². The first kappa shape index (κ1) is 13.5. The molecule has 1 aromatic rings. The molecule has 1 aromatic carbocycles. The van der Waals surface area contributed by atoms with Crippen LogP contribution in [-0.4, -0.2) is 31.6 Å². The SMILES string of the molecule is O=S(=O)(NN1CCCCC1)c1ccc(CO)cc1. The predicted octanol–water partition coefficient (Wildman–Crippen LogP) is 0.858. The summed E-state index contributed by atoms with van der Waals surface area (Å²) in [5, 5.41) is 10.7. The molecule has 1 aliphatic heterocycles. The highest BCUT2D eigenvalue weighted by molar-refractivity contribution is 7.89. The lowest BCUT2D eigenvalue weighted by Crippen LogP contribution is -2.44. The van der Waals surface area contributed by atoms with Crippen LogP contribution < -0.4 is 4.83 Å². The topological polar surface area (TPSA) is 69.6 Å². The van der Waals surface area contributed by atoms with Gasteiger partial charge in [0.15, 0.2) is 0 Å². The second-order valence-electron chi connectivity index (χ2n) is 4.44. The first-order chi connectivity index (χ1) is 8.62. The lowest BCUT2D eigenvalue weighted by Gasteiger charge is -2.26. The summed E-state index contributed by atoms with van der Waals surface area (Å²) in [6.07, 6.45) is 3.20. The van der Waals surface area contributed by atoms with E-state index in [-0.39, 0.29) is 11.5 Å². The molecule has 2 N–H and O–H groups in total. The molecule has 1 heterocycles. The van der Waals surface area contributed by atoms with Crippen molar-refractivity contribution < 1.29 is 13.5 Å². The Kier molecular flexibility index (Phi) is 4.34. The van der Waals surface area contributed by atoms with Crippen LogP contribution in [-0.2, 0) is 16.6 Å². The van der Waals surface area contributed by atoms with Gasteiger partial charge in [-0.25, -0.2) is 13.4 Å². The highest BCUT2D eigenvalue weighted by atomic mass is 32.2. The molecule has 0 atom stereocenters. The van der Waals surface area contributed by atoms with E-state index in [2.05, 4.69) is 4.83 Å². The van der Waals surface area contributed by atoms with Gasteiger partial charge in [0.05, 0.1) is 11.5 Å². The maximum absolute atomic E-state index is 12.1. The van der Waals surface area contributed by atoms with Gasteiger partial charge in [0, 0.05) is 13.1 Å². The van der Waals surface area contributed by atoms with Crippen LogP contribution in [0.3, 0.4) is 0 Å². The number of aliphatic hydroxyl groups is 1. The number of hydrogen-bond donors (Lipinski definition) is 2. The van der Waals surface area contributed by atoms with Crippen LogP contribution in [0.15, 0.2) is 29.2 Å². The monoisotopic (exact) mass is 270 g/mol. The van der Waals surface area contributed by atoms with E-state index < -0.39 is 10.0 Å². The third kappa shape index (κ3) is 3.29. The number of nitrogens with one attached hydrogen (secondary N) is 1. The minimum absolute atomic E-state index is 0.0835. The van der Waals surface area contributed by atoms with Gasteiger partial charge < -0.3 is 5.11 Å². The number of aliphatic hydroxyl groups excluding tert-OH is 1. The second kappa shape index (κ2) is 5.79. The van der Waals surface area contributed by atoms with Crippen LogP contribution in [0.5, 0.6) is 0 Å². The molecule has 0 amide bonds. The van der Waals surface area contributed by atoms with Crippen molar-refractivity contribution in [3.63, 3.8) is 0 Å². The van der Waals surface area contributed by atoms with Gasteiger partial charge in [-0.15, -0.1) is 4.83 Å². The Morgan fingerprint density at radius 1 is 1.11 bits per heavy atom. The van der Waals surface area contributed by atoms with Crippen molar-refractivity contribution in [3.8, 4) is 0 Å². The van der Waals surface area contributed by atoms with Crippen molar-refractivity contribution in [2.24, 2.45) is 0 Å². The number of piperidine rings is 1. The molecule has 1 aliphatic rings. The summed E-state index contributed by atoms with van der Waals surface area (Å²) >= 11 is 0. The number of hydrogen-bond acceptors (Lipinski definition) is 4. The van der Waals surface area contributed by atoms with Gasteiger partial charge in [0.25, 0.3) is 10.0 Å². The molecule has 2 rings (SSSR count). The van der Waals surface area contributed by atoms with Crippen LogP contribution in [0.1, 0.15) is 24.8 Å². The van der Waals surface area contributed by atoms with Gasteiger partial charge in [-0.1, -0.05) is 18.6 Å². The molecular formula is C12H18N2O3S. The minimum Gasteiger partial charge on any atom is -0.392 e. The summed E-state index contributed by atoms with van der Waals surface area (Å²) in [6.45, 7) is 1.43. The fourth-order valence-corrected chi connectivity index (χ4v) is 3.10. The van der Waals surface area contributed by atoms with Gasteiger partial charge in [-0.3, -0.25) is 0 Å². The van der Waals surface area contributed by atoms with Crippen molar-refractivity contribution in [1.29, 1.82) is 0 Å². The van der Waals surface area contributed by atoms with E-state index in [4.69, 9.17) is 5.11 Å². The van der Waals surface area contributed by atoms with Gasteiger partial charge in [-0.2, -0.15) is 0 Å². The molecule has 0 aromatic heterocycles. The molecule has 0 unspecified atom stereocenters. The summed E-state index contributed by atoms with van der Waals surface area (Å²) in [5.41, 5.74) is 0.701. The van der Waals surface area contributed by atoms with Gasteiger partial charge in [0.1, 0.15) is 0 Å². The standard InChI is InChI=1S/C12H18N2O3S/c15-10-11-4-6-12(7-5-11)18(16,17)13-14-8-2-1-3-9-14/h4-7,13,15H,1-3,8-10H2. The average molecular weight is 270 g/mol. The number of benzene rings is 1. The summed E-state index contributed by atoms with van der Waals surface area (Å²) in [6, 6.07) is 6.26. The predicted molar refractivity (Wildman–Crippen MR) is 68.1 cm³/mol. The Labute approximate surface area is 107 Å². The Bertz CT molecular complexity index is 479. The molecule has 0 radical (unpaired) electrons. The largest absolute Gasteiger partial charge is 0.392 e. The highest BCUT2D eigenvalue weighted by Crippen LogP contribution is 2.13. The minimum atomic E-state index is -3.49. The molecule has 0 bridgehead atoms. The van der Waals surface area contributed by atoms with E-state index in [9.17, 15) is 8.42 Å². The van der Waals surface area contributed by atoms with E-state index in [0.29, 0.717) is 5.56 Å². The first-order valence-corrected chi connectivity index (χ1v) is 7.57. The molecule has 0 saturated carbocycles. The van der Waals surface area contributed by atoms with Crippen LogP contribution in [0, 0.1) is 0 Å². The average Bonchev–Trinajstić information content (AvgIpc) is 2.39. The molecule has 0 aliphatic carbocycles. The smallest absolute Gasteiger partial charge is 0.253 e. The van der Waals surface area contributed by atoms with Crippen LogP contribution in [0.25, 0.3) is 0 Å². The van der Waals surface area contributed by atoms with Crippen molar-refractivity contribution in [3.05, 3.63) is 29.8 Å². The molecule has 18 heavy (non-hydrogen) atoms. The van der Waals surface area contributed by atoms with Crippen molar-refractivity contribution in [2.45, 2.75) is 30.8 Å². The maximum Gasteiger partial charge on any atom is 0.253 e. The molecule has 1 fully saturated rings. The van der Waals surface area contributed by atoms with E-state index in [0.717, 1.165) is 32.4 Å². The molecule has 0 spiro atoms. The molecule has 1 saturated heterocycles. The first-order valence-electron chi connectivity index (χ1n) is 6.09. The van der Waals surface area contributed by atoms with E-state index in [1.165, 1.54) is 12.1 Å². The van der Waals surface area contributed by atoms with Crippen LogP contribution in [0.2, 0.25) is 0 Å². The zero-order chi connectivity index (χ0) is 13.0. The fourth-order valence-electron chi connectivity index (χ4n) is 1.98. The lowest BCUT2D eigenvalue weighted by atomic mass is 10.2. The zero-order valence-corrected chi connectivity index (χ0v) is 11.0. The highest BCUT2D eigenvalue weighted by Gasteiger charge is 2.19.